The Morgan fingerprint density at radius 1 is 1.17 bits per heavy atom. The summed E-state index contributed by atoms with van der Waals surface area (Å²) >= 11 is 0. The van der Waals surface area contributed by atoms with Crippen molar-refractivity contribution in [3.05, 3.63) is 35.4 Å². The Labute approximate surface area is 111 Å². The van der Waals surface area contributed by atoms with Crippen molar-refractivity contribution in [2.45, 2.75) is 32.2 Å². The first kappa shape index (κ1) is 15.2. The first-order chi connectivity index (χ1) is 8.69. The lowest BCUT2D eigenvalue weighted by Gasteiger charge is -2.27. The van der Waals surface area contributed by atoms with E-state index in [2.05, 4.69) is 43.1 Å². The van der Waals surface area contributed by atoms with Gasteiger partial charge < -0.3 is 10.8 Å². The van der Waals surface area contributed by atoms with E-state index in [-0.39, 0.29) is 0 Å². The molecule has 3 heteroatoms. The van der Waals surface area contributed by atoms with Crippen LogP contribution in [0.3, 0.4) is 0 Å². The van der Waals surface area contributed by atoms with E-state index in [0.29, 0.717) is 19.2 Å². The Morgan fingerprint density at radius 3 is 2.39 bits per heavy atom. The number of nitrogens with two attached hydrogens (primary N) is 1. The van der Waals surface area contributed by atoms with Crippen molar-refractivity contribution >= 4 is 0 Å². The highest BCUT2D eigenvalue weighted by Crippen LogP contribution is 2.19. The summed E-state index contributed by atoms with van der Waals surface area (Å²) in [6.45, 7) is 4.05. The van der Waals surface area contributed by atoms with E-state index in [4.69, 9.17) is 10.8 Å². The van der Waals surface area contributed by atoms with E-state index in [1.54, 1.807) is 0 Å². The SMILES string of the molecule is Cc1ccc(C(CN)N(C)CCCCCO)cc1. The summed E-state index contributed by atoms with van der Waals surface area (Å²) in [6, 6.07) is 8.89. The zero-order valence-electron chi connectivity index (χ0n) is 11.6. The van der Waals surface area contributed by atoms with Crippen LogP contribution in [0.1, 0.15) is 36.4 Å². The van der Waals surface area contributed by atoms with Crippen LogP contribution in [0.2, 0.25) is 0 Å². The molecule has 1 aromatic rings. The zero-order chi connectivity index (χ0) is 13.4. The number of benzene rings is 1. The molecule has 0 saturated heterocycles. The highest BCUT2D eigenvalue weighted by Gasteiger charge is 2.14. The maximum absolute atomic E-state index is 8.76. The fraction of sp³-hybridized carbons (Fsp3) is 0.600. The summed E-state index contributed by atoms with van der Waals surface area (Å²) in [5.74, 6) is 0. The maximum Gasteiger partial charge on any atom is 0.0467 e. The molecule has 1 rings (SSSR count). The smallest absolute Gasteiger partial charge is 0.0467 e. The second-order valence-corrected chi connectivity index (χ2v) is 4.93. The van der Waals surface area contributed by atoms with Gasteiger partial charge in [0.15, 0.2) is 0 Å². The molecule has 0 saturated carbocycles. The molecule has 0 aliphatic carbocycles. The molecule has 0 heterocycles. The van der Waals surface area contributed by atoms with E-state index in [1.807, 2.05) is 0 Å². The average molecular weight is 250 g/mol. The van der Waals surface area contributed by atoms with Crippen LogP contribution < -0.4 is 5.73 Å². The van der Waals surface area contributed by atoms with Crippen LogP contribution >= 0.6 is 0 Å². The number of likely N-dealkylation sites (N-methyl/N-ethyl adjacent to an activating group) is 1. The van der Waals surface area contributed by atoms with Crippen LogP contribution in [-0.4, -0.2) is 36.8 Å². The molecule has 0 bridgehead atoms. The molecule has 0 aromatic heterocycles. The molecule has 0 spiro atoms. The number of aliphatic hydroxyl groups is 1. The van der Waals surface area contributed by atoms with Gasteiger partial charge in [0.2, 0.25) is 0 Å². The molecular formula is C15H26N2O. The molecule has 0 fully saturated rings. The van der Waals surface area contributed by atoms with Crippen LogP contribution in [0.25, 0.3) is 0 Å². The third-order valence-electron chi connectivity index (χ3n) is 3.39. The van der Waals surface area contributed by atoms with Gasteiger partial charge >= 0.3 is 0 Å². The van der Waals surface area contributed by atoms with Gasteiger partial charge in [-0.15, -0.1) is 0 Å². The number of rotatable bonds is 8. The van der Waals surface area contributed by atoms with E-state index >= 15 is 0 Å². The first-order valence-corrected chi connectivity index (χ1v) is 6.76. The topological polar surface area (TPSA) is 49.5 Å². The van der Waals surface area contributed by atoms with Crippen LogP contribution in [0.15, 0.2) is 24.3 Å². The van der Waals surface area contributed by atoms with E-state index < -0.39 is 0 Å². The maximum atomic E-state index is 8.76. The largest absolute Gasteiger partial charge is 0.396 e. The third kappa shape index (κ3) is 4.77. The highest BCUT2D eigenvalue weighted by atomic mass is 16.2. The van der Waals surface area contributed by atoms with Gasteiger partial charge in [-0.25, -0.2) is 0 Å². The predicted octanol–water partition coefficient (Wildman–Crippen LogP) is 2.09. The van der Waals surface area contributed by atoms with Gasteiger partial charge in [-0.1, -0.05) is 29.8 Å². The minimum Gasteiger partial charge on any atom is -0.396 e. The van der Waals surface area contributed by atoms with Gasteiger partial charge in [0.1, 0.15) is 0 Å². The van der Waals surface area contributed by atoms with E-state index in [1.165, 1.54) is 11.1 Å². The van der Waals surface area contributed by atoms with Gasteiger partial charge in [-0.05, 0) is 45.3 Å². The van der Waals surface area contributed by atoms with Crippen molar-refractivity contribution in [2.75, 3.05) is 26.7 Å². The fourth-order valence-electron chi connectivity index (χ4n) is 2.16. The monoisotopic (exact) mass is 250 g/mol. The van der Waals surface area contributed by atoms with Crippen molar-refractivity contribution < 1.29 is 5.11 Å². The van der Waals surface area contributed by atoms with Crippen LogP contribution in [0, 0.1) is 6.92 Å². The van der Waals surface area contributed by atoms with Crippen molar-refractivity contribution in [2.24, 2.45) is 5.73 Å². The number of hydrogen-bond acceptors (Lipinski definition) is 3. The molecule has 18 heavy (non-hydrogen) atoms. The molecule has 3 nitrogen and oxygen atoms in total. The lowest BCUT2D eigenvalue weighted by atomic mass is 10.0. The minimum absolute atomic E-state index is 0.291. The summed E-state index contributed by atoms with van der Waals surface area (Å²) < 4.78 is 0. The Kier molecular flexibility index (Phi) is 6.94. The summed E-state index contributed by atoms with van der Waals surface area (Å²) in [4.78, 5) is 2.31. The van der Waals surface area contributed by atoms with Gasteiger partial charge in [0.05, 0.1) is 0 Å². The minimum atomic E-state index is 0.291. The molecule has 0 amide bonds. The van der Waals surface area contributed by atoms with E-state index in [9.17, 15) is 0 Å². The molecular weight excluding hydrogens is 224 g/mol. The standard InChI is InChI=1S/C15H26N2O/c1-13-6-8-14(9-7-13)15(12-16)17(2)10-4-3-5-11-18/h6-9,15,18H,3-5,10-12,16H2,1-2H3. The van der Waals surface area contributed by atoms with Crippen molar-refractivity contribution in [3.8, 4) is 0 Å². The normalized spacial score (nSPS) is 12.9. The van der Waals surface area contributed by atoms with E-state index in [0.717, 1.165) is 25.8 Å². The van der Waals surface area contributed by atoms with Crippen LogP contribution in [-0.2, 0) is 0 Å². The van der Waals surface area contributed by atoms with Gasteiger partial charge in [-0.2, -0.15) is 0 Å². The molecule has 1 aromatic carbocycles. The second kappa shape index (κ2) is 8.25. The quantitative estimate of drug-likeness (QED) is 0.695. The number of aliphatic hydroxyl groups excluding tert-OH is 1. The highest BCUT2D eigenvalue weighted by molar-refractivity contribution is 5.24. The Balaban J connectivity index is 2.51. The Morgan fingerprint density at radius 2 is 1.83 bits per heavy atom. The first-order valence-electron chi connectivity index (χ1n) is 6.76. The van der Waals surface area contributed by atoms with Gasteiger partial charge in [0, 0.05) is 19.2 Å². The second-order valence-electron chi connectivity index (χ2n) is 4.93. The summed E-state index contributed by atoms with van der Waals surface area (Å²) in [5.41, 5.74) is 8.46. The summed E-state index contributed by atoms with van der Waals surface area (Å²) in [7, 11) is 2.12. The molecule has 1 unspecified atom stereocenters. The van der Waals surface area contributed by atoms with Crippen molar-refractivity contribution in [1.82, 2.24) is 4.90 Å². The molecule has 102 valence electrons. The summed E-state index contributed by atoms with van der Waals surface area (Å²) in [6.07, 6.45) is 3.08. The van der Waals surface area contributed by atoms with Gasteiger partial charge in [-0.3, -0.25) is 4.90 Å². The lowest BCUT2D eigenvalue weighted by Crippen LogP contribution is -2.31. The lowest BCUT2D eigenvalue weighted by molar-refractivity contribution is 0.236. The number of aryl methyl sites for hydroxylation is 1. The van der Waals surface area contributed by atoms with Crippen molar-refractivity contribution in [3.63, 3.8) is 0 Å². The van der Waals surface area contributed by atoms with Crippen molar-refractivity contribution in [1.29, 1.82) is 0 Å². The third-order valence-corrected chi connectivity index (χ3v) is 3.39. The Bertz CT molecular complexity index is 324. The number of hydrogen-bond donors (Lipinski definition) is 2. The zero-order valence-corrected chi connectivity index (χ0v) is 11.6. The summed E-state index contributed by atoms with van der Waals surface area (Å²) in [5, 5.41) is 8.76. The molecule has 0 radical (unpaired) electrons. The molecule has 0 aliphatic rings. The van der Waals surface area contributed by atoms with Crippen LogP contribution in [0.5, 0.6) is 0 Å². The molecule has 0 aliphatic heterocycles. The number of unbranched alkanes of at least 4 members (excludes halogenated alkanes) is 2. The van der Waals surface area contributed by atoms with Crippen LogP contribution in [0.4, 0.5) is 0 Å². The fourth-order valence-corrected chi connectivity index (χ4v) is 2.16. The predicted molar refractivity (Wildman–Crippen MR) is 76.5 cm³/mol. The molecule has 1 atom stereocenters. The van der Waals surface area contributed by atoms with Gasteiger partial charge in [0.25, 0.3) is 0 Å². The molecule has 3 N–H and O–H groups in total. The Hall–Kier alpha value is -0.900. The number of nitrogens with zero attached hydrogens (tertiary/aromatic N) is 1. The average Bonchev–Trinajstić information content (AvgIpc) is 2.38.